The van der Waals surface area contributed by atoms with Gasteiger partial charge in [-0.1, -0.05) is 5.16 Å². The van der Waals surface area contributed by atoms with E-state index in [9.17, 15) is 9.50 Å². The molecule has 4 nitrogen and oxygen atoms in total. The Morgan fingerprint density at radius 2 is 2.19 bits per heavy atom. The Kier molecular flexibility index (Phi) is 2.59. The lowest BCUT2D eigenvalue weighted by Crippen LogP contribution is -1.90. The second-order valence-electron chi connectivity index (χ2n) is 3.30. The van der Waals surface area contributed by atoms with Crippen molar-refractivity contribution in [1.82, 2.24) is 5.16 Å². The van der Waals surface area contributed by atoms with Crippen LogP contribution in [0.1, 0.15) is 5.56 Å². The predicted molar refractivity (Wildman–Crippen MR) is 60.4 cm³/mol. The molecular weight excluding hydrogens is 279 g/mol. The van der Waals surface area contributed by atoms with Crippen molar-refractivity contribution in [3.8, 4) is 17.0 Å². The van der Waals surface area contributed by atoms with Crippen molar-refractivity contribution in [1.29, 1.82) is 0 Å². The van der Waals surface area contributed by atoms with Crippen molar-refractivity contribution < 1.29 is 14.0 Å². The standard InChI is InChI=1S/C10H8BrFN2O2/c1-4-6(12)2-5(11)10(15)9(4)7-3-8(13)16-14-7/h2-3,15H,13H2,1H3. The van der Waals surface area contributed by atoms with Gasteiger partial charge in [0.15, 0.2) is 0 Å². The number of hydrogen-bond donors (Lipinski definition) is 2. The van der Waals surface area contributed by atoms with Gasteiger partial charge in [0.1, 0.15) is 17.3 Å². The number of benzene rings is 1. The molecule has 6 heteroatoms. The first-order valence-corrected chi connectivity index (χ1v) is 5.20. The van der Waals surface area contributed by atoms with E-state index in [1.54, 1.807) is 6.92 Å². The molecule has 0 spiro atoms. The van der Waals surface area contributed by atoms with Crippen LogP contribution in [0.4, 0.5) is 10.3 Å². The number of phenols is 1. The van der Waals surface area contributed by atoms with Gasteiger partial charge in [-0.15, -0.1) is 0 Å². The fourth-order valence-corrected chi connectivity index (χ4v) is 1.82. The maximum atomic E-state index is 13.5. The molecule has 0 saturated heterocycles. The number of anilines is 1. The molecule has 2 aromatic rings. The summed E-state index contributed by atoms with van der Waals surface area (Å²) in [5.41, 5.74) is 6.23. The van der Waals surface area contributed by atoms with E-state index in [0.717, 1.165) is 0 Å². The average Bonchev–Trinajstić information content (AvgIpc) is 2.62. The van der Waals surface area contributed by atoms with Crippen LogP contribution in [0.2, 0.25) is 0 Å². The van der Waals surface area contributed by atoms with Gasteiger partial charge in [0.05, 0.1) is 10.0 Å². The summed E-state index contributed by atoms with van der Waals surface area (Å²) in [7, 11) is 0. The lowest BCUT2D eigenvalue weighted by molar-refractivity contribution is 0.436. The summed E-state index contributed by atoms with van der Waals surface area (Å²) in [6.45, 7) is 1.54. The SMILES string of the molecule is Cc1c(F)cc(Br)c(O)c1-c1cc(N)on1. The molecule has 0 radical (unpaired) electrons. The fraction of sp³-hybridized carbons (Fsp3) is 0.100. The number of aromatic hydroxyl groups is 1. The lowest BCUT2D eigenvalue weighted by atomic mass is 10.0. The molecule has 0 unspecified atom stereocenters. The maximum absolute atomic E-state index is 13.5. The highest BCUT2D eigenvalue weighted by atomic mass is 79.9. The Labute approximate surface area is 99.0 Å². The lowest BCUT2D eigenvalue weighted by Gasteiger charge is -2.08. The number of aromatic nitrogens is 1. The Morgan fingerprint density at radius 1 is 1.50 bits per heavy atom. The van der Waals surface area contributed by atoms with Crippen molar-refractivity contribution in [2.24, 2.45) is 0 Å². The van der Waals surface area contributed by atoms with E-state index in [0.29, 0.717) is 5.69 Å². The number of nitrogen functional groups attached to an aromatic ring is 1. The minimum atomic E-state index is -0.443. The van der Waals surface area contributed by atoms with Crippen LogP contribution in [0.5, 0.6) is 5.75 Å². The second-order valence-corrected chi connectivity index (χ2v) is 4.16. The zero-order valence-corrected chi connectivity index (χ0v) is 9.88. The van der Waals surface area contributed by atoms with Gasteiger partial charge in [-0.25, -0.2) is 4.39 Å². The smallest absolute Gasteiger partial charge is 0.222 e. The normalized spacial score (nSPS) is 10.7. The Bertz CT molecular complexity index is 528. The van der Waals surface area contributed by atoms with Gasteiger partial charge in [-0.05, 0) is 34.5 Å². The van der Waals surface area contributed by atoms with E-state index in [4.69, 9.17) is 5.73 Å². The van der Waals surface area contributed by atoms with Gasteiger partial charge < -0.3 is 15.4 Å². The average molecular weight is 287 g/mol. The Morgan fingerprint density at radius 3 is 2.75 bits per heavy atom. The summed E-state index contributed by atoms with van der Waals surface area (Å²) in [5, 5.41) is 13.5. The highest BCUT2D eigenvalue weighted by Crippen LogP contribution is 2.39. The number of nitrogens with zero attached hydrogens (tertiary/aromatic N) is 1. The second kappa shape index (κ2) is 3.79. The molecule has 2 rings (SSSR count). The third kappa shape index (κ3) is 1.65. The summed E-state index contributed by atoms with van der Waals surface area (Å²) in [4.78, 5) is 0. The van der Waals surface area contributed by atoms with Crippen molar-refractivity contribution in [3.63, 3.8) is 0 Å². The quantitative estimate of drug-likeness (QED) is 0.846. The van der Waals surface area contributed by atoms with Crippen LogP contribution in [0.25, 0.3) is 11.3 Å². The van der Waals surface area contributed by atoms with Crippen LogP contribution in [0.15, 0.2) is 21.1 Å². The molecule has 0 saturated carbocycles. The zero-order chi connectivity index (χ0) is 11.9. The first-order valence-electron chi connectivity index (χ1n) is 4.41. The van der Waals surface area contributed by atoms with E-state index in [-0.39, 0.29) is 27.2 Å². The number of rotatable bonds is 1. The third-order valence-corrected chi connectivity index (χ3v) is 2.84. The van der Waals surface area contributed by atoms with Crippen LogP contribution in [-0.4, -0.2) is 10.3 Å². The van der Waals surface area contributed by atoms with Crippen molar-refractivity contribution in [2.75, 3.05) is 5.73 Å². The fourth-order valence-electron chi connectivity index (χ4n) is 1.42. The molecule has 0 aliphatic rings. The van der Waals surface area contributed by atoms with E-state index in [1.165, 1.54) is 12.1 Å². The number of nitrogens with two attached hydrogens (primary N) is 1. The topological polar surface area (TPSA) is 72.3 Å². The third-order valence-electron chi connectivity index (χ3n) is 2.23. The van der Waals surface area contributed by atoms with Gasteiger partial charge in [0.2, 0.25) is 5.88 Å². The number of phenolic OH excluding ortho intramolecular Hbond substituents is 1. The number of halogens is 2. The van der Waals surface area contributed by atoms with E-state index >= 15 is 0 Å². The van der Waals surface area contributed by atoms with Gasteiger partial charge in [-0.3, -0.25) is 0 Å². The molecular formula is C10H8BrFN2O2. The first-order chi connectivity index (χ1) is 7.50. The molecule has 0 amide bonds. The molecule has 1 aromatic heterocycles. The maximum Gasteiger partial charge on any atom is 0.222 e. The minimum absolute atomic E-state index is 0.0906. The largest absolute Gasteiger partial charge is 0.506 e. The molecule has 0 aliphatic carbocycles. The van der Waals surface area contributed by atoms with E-state index < -0.39 is 5.82 Å². The van der Waals surface area contributed by atoms with E-state index in [2.05, 4.69) is 25.6 Å². The monoisotopic (exact) mass is 286 g/mol. The Balaban J connectivity index is 2.73. The van der Waals surface area contributed by atoms with E-state index in [1.807, 2.05) is 0 Å². The molecule has 1 aromatic carbocycles. The minimum Gasteiger partial charge on any atom is -0.506 e. The van der Waals surface area contributed by atoms with Crippen LogP contribution >= 0.6 is 15.9 Å². The summed E-state index contributed by atoms with van der Waals surface area (Å²) >= 11 is 3.06. The highest BCUT2D eigenvalue weighted by molar-refractivity contribution is 9.10. The molecule has 0 bridgehead atoms. The highest BCUT2D eigenvalue weighted by Gasteiger charge is 2.18. The number of hydrogen-bond acceptors (Lipinski definition) is 4. The molecule has 3 N–H and O–H groups in total. The van der Waals surface area contributed by atoms with Crippen LogP contribution in [-0.2, 0) is 0 Å². The Hall–Kier alpha value is -1.56. The molecule has 0 fully saturated rings. The molecule has 0 aliphatic heterocycles. The first kappa shape index (κ1) is 10.9. The van der Waals surface area contributed by atoms with Gasteiger partial charge >= 0.3 is 0 Å². The van der Waals surface area contributed by atoms with Crippen LogP contribution in [0, 0.1) is 12.7 Å². The molecule has 16 heavy (non-hydrogen) atoms. The molecule has 0 atom stereocenters. The summed E-state index contributed by atoms with van der Waals surface area (Å²) in [6, 6.07) is 2.62. The summed E-state index contributed by atoms with van der Waals surface area (Å²) in [5.74, 6) is -0.428. The van der Waals surface area contributed by atoms with Gasteiger partial charge in [0.25, 0.3) is 0 Å². The molecule has 84 valence electrons. The van der Waals surface area contributed by atoms with Crippen LogP contribution in [0.3, 0.4) is 0 Å². The summed E-state index contributed by atoms with van der Waals surface area (Å²) in [6.07, 6.45) is 0. The van der Waals surface area contributed by atoms with Crippen LogP contribution < -0.4 is 5.73 Å². The van der Waals surface area contributed by atoms with Crippen molar-refractivity contribution >= 4 is 21.8 Å². The van der Waals surface area contributed by atoms with Gasteiger partial charge in [0, 0.05) is 6.07 Å². The van der Waals surface area contributed by atoms with Crippen molar-refractivity contribution in [2.45, 2.75) is 6.92 Å². The van der Waals surface area contributed by atoms with Crippen molar-refractivity contribution in [3.05, 3.63) is 28.0 Å². The molecule has 1 heterocycles. The van der Waals surface area contributed by atoms with Gasteiger partial charge in [-0.2, -0.15) is 0 Å². The summed E-state index contributed by atoms with van der Waals surface area (Å²) < 4.78 is 18.4. The predicted octanol–water partition coefficient (Wildman–Crippen LogP) is 2.84. The zero-order valence-electron chi connectivity index (χ0n) is 8.29.